The van der Waals surface area contributed by atoms with Gasteiger partial charge in [0.05, 0.1) is 23.6 Å². The van der Waals surface area contributed by atoms with Crippen molar-refractivity contribution in [2.75, 3.05) is 13.1 Å². The summed E-state index contributed by atoms with van der Waals surface area (Å²) in [6.45, 7) is 5.56. The molecule has 1 aliphatic rings. The molecule has 0 spiro atoms. The van der Waals surface area contributed by atoms with Crippen LogP contribution in [-0.2, 0) is 13.1 Å². The molecule has 0 bridgehead atoms. The van der Waals surface area contributed by atoms with Gasteiger partial charge in [-0.05, 0) is 13.3 Å². The predicted octanol–water partition coefficient (Wildman–Crippen LogP) is 2.62. The van der Waals surface area contributed by atoms with Crippen molar-refractivity contribution in [3.8, 4) is 10.6 Å². The third-order valence-corrected chi connectivity index (χ3v) is 5.86. The molecule has 2 aromatic heterocycles. The number of benzene rings is 1. The lowest BCUT2D eigenvalue weighted by molar-refractivity contribution is 0.312. The number of thiazole rings is 1. The average Bonchev–Trinajstić information content (AvgIpc) is 3.36. The average molecular weight is 354 g/mol. The largest absolute Gasteiger partial charge is 0.325 e. The summed E-state index contributed by atoms with van der Waals surface area (Å²) >= 11 is 1.80. The van der Waals surface area contributed by atoms with Crippen molar-refractivity contribution >= 4 is 11.3 Å². The minimum atomic E-state index is 0.384. The fraction of sp³-hybridized carbons (Fsp3) is 0.389. The van der Waals surface area contributed by atoms with Gasteiger partial charge in [-0.15, -0.1) is 16.4 Å². The molecular formula is C18H22N6S. The maximum atomic E-state index is 5.63. The number of nitrogens with zero attached hydrogens (tertiary/aromatic N) is 5. The second-order valence-electron chi connectivity index (χ2n) is 6.47. The van der Waals surface area contributed by atoms with Gasteiger partial charge in [0.25, 0.3) is 0 Å². The zero-order valence-corrected chi connectivity index (χ0v) is 15.1. The number of nitrogens with two attached hydrogens (primary N) is 1. The van der Waals surface area contributed by atoms with Gasteiger partial charge in [0.1, 0.15) is 5.01 Å². The Kier molecular flexibility index (Phi) is 4.61. The van der Waals surface area contributed by atoms with Crippen LogP contribution in [0.3, 0.4) is 0 Å². The van der Waals surface area contributed by atoms with Gasteiger partial charge in [0.15, 0.2) is 0 Å². The van der Waals surface area contributed by atoms with E-state index in [1.165, 1.54) is 10.4 Å². The van der Waals surface area contributed by atoms with Crippen LogP contribution in [0, 0.1) is 6.92 Å². The van der Waals surface area contributed by atoms with Crippen LogP contribution in [0.1, 0.15) is 28.7 Å². The molecule has 1 aliphatic heterocycles. The van der Waals surface area contributed by atoms with Crippen LogP contribution in [0.4, 0.5) is 0 Å². The van der Waals surface area contributed by atoms with Gasteiger partial charge in [-0.2, -0.15) is 0 Å². The van der Waals surface area contributed by atoms with Crippen molar-refractivity contribution < 1.29 is 0 Å². The molecule has 25 heavy (non-hydrogen) atoms. The van der Waals surface area contributed by atoms with Crippen LogP contribution >= 0.6 is 11.3 Å². The molecule has 1 saturated heterocycles. The standard InChI is InChI=1S/C18H22N6S/c1-13-17(25-18(20-13)14-5-3-2-4-6-14)12-23-8-7-16(11-23)24-10-15(9-19)21-22-24/h2-6,10,16H,7-9,11-12,19H2,1H3. The molecule has 1 atom stereocenters. The number of hydrogen-bond acceptors (Lipinski definition) is 6. The van der Waals surface area contributed by atoms with Crippen LogP contribution in [0.5, 0.6) is 0 Å². The first-order chi connectivity index (χ1) is 12.2. The molecule has 0 saturated carbocycles. The van der Waals surface area contributed by atoms with Gasteiger partial charge in [0.2, 0.25) is 0 Å². The summed E-state index contributed by atoms with van der Waals surface area (Å²) in [4.78, 5) is 8.59. The van der Waals surface area contributed by atoms with E-state index in [4.69, 9.17) is 10.7 Å². The van der Waals surface area contributed by atoms with E-state index < -0.39 is 0 Å². The highest BCUT2D eigenvalue weighted by atomic mass is 32.1. The molecule has 2 N–H and O–H groups in total. The van der Waals surface area contributed by atoms with E-state index in [0.717, 1.165) is 42.5 Å². The Bertz CT molecular complexity index is 840. The molecule has 130 valence electrons. The van der Waals surface area contributed by atoms with E-state index >= 15 is 0 Å². The molecule has 3 aromatic rings. The van der Waals surface area contributed by atoms with Gasteiger partial charge in [0, 0.05) is 36.6 Å². The molecule has 4 rings (SSSR count). The van der Waals surface area contributed by atoms with Crippen LogP contribution in [0.15, 0.2) is 36.5 Å². The number of aromatic nitrogens is 4. The topological polar surface area (TPSA) is 72.9 Å². The molecular weight excluding hydrogens is 332 g/mol. The predicted molar refractivity (Wildman–Crippen MR) is 99.1 cm³/mol. The molecule has 0 amide bonds. The fourth-order valence-corrected chi connectivity index (χ4v) is 4.35. The number of rotatable bonds is 5. The smallest absolute Gasteiger partial charge is 0.123 e. The normalized spacial score (nSPS) is 18.1. The van der Waals surface area contributed by atoms with E-state index in [1.807, 2.05) is 16.9 Å². The quantitative estimate of drug-likeness (QED) is 0.762. The molecule has 3 heterocycles. The SMILES string of the molecule is Cc1nc(-c2ccccc2)sc1CN1CCC(n2cc(CN)nn2)C1. The van der Waals surface area contributed by atoms with E-state index in [1.54, 1.807) is 11.3 Å². The lowest BCUT2D eigenvalue weighted by atomic mass is 10.2. The second-order valence-corrected chi connectivity index (χ2v) is 7.55. The van der Waals surface area contributed by atoms with E-state index in [9.17, 15) is 0 Å². The van der Waals surface area contributed by atoms with Crippen molar-refractivity contribution in [2.45, 2.75) is 32.5 Å². The lowest BCUT2D eigenvalue weighted by Crippen LogP contribution is -2.21. The van der Waals surface area contributed by atoms with Gasteiger partial charge < -0.3 is 5.73 Å². The first-order valence-electron chi connectivity index (χ1n) is 8.58. The highest BCUT2D eigenvalue weighted by molar-refractivity contribution is 7.15. The Hall–Kier alpha value is -2.09. The minimum absolute atomic E-state index is 0.384. The molecule has 0 radical (unpaired) electrons. The molecule has 6 nitrogen and oxygen atoms in total. The van der Waals surface area contributed by atoms with Crippen molar-refractivity contribution in [2.24, 2.45) is 5.73 Å². The molecule has 0 aliphatic carbocycles. The van der Waals surface area contributed by atoms with Crippen LogP contribution in [0.25, 0.3) is 10.6 Å². The van der Waals surface area contributed by atoms with Crippen LogP contribution in [-0.4, -0.2) is 38.0 Å². The van der Waals surface area contributed by atoms with Crippen molar-refractivity contribution in [1.29, 1.82) is 0 Å². The molecule has 1 fully saturated rings. The van der Waals surface area contributed by atoms with E-state index in [0.29, 0.717) is 12.6 Å². The molecule has 1 unspecified atom stereocenters. The first kappa shape index (κ1) is 16.4. The molecule has 7 heteroatoms. The Morgan fingerprint density at radius 2 is 2.12 bits per heavy atom. The van der Waals surface area contributed by atoms with Gasteiger partial charge in [-0.25, -0.2) is 9.67 Å². The number of hydrogen-bond donors (Lipinski definition) is 1. The van der Waals surface area contributed by atoms with Crippen LogP contribution < -0.4 is 5.73 Å². The third kappa shape index (κ3) is 3.49. The summed E-state index contributed by atoms with van der Waals surface area (Å²) in [5, 5.41) is 9.43. The number of aryl methyl sites for hydroxylation is 1. The van der Waals surface area contributed by atoms with E-state index in [-0.39, 0.29) is 0 Å². The van der Waals surface area contributed by atoms with Gasteiger partial charge >= 0.3 is 0 Å². The zero-order chi connectivity index (χ0) is 17.2. The maximum absolute atomic E-state index is 5.63. The summed E-state index contributed by atoms with van der Waals surface area (Å²) < 4.78 is 1.97. The molecule has 1 aromatic carbocycles. The highest BCUT2D eigenvalue weighted by Crippen LogP contribution is 2.30. The second kappa shape index (κ2) is 7.03. The summed E-state index contributed by atoms with van der Waals surface area (Å²) in [5.41, 5.74) is 8.81. The van der Waals surface area contributed by atoms with Crippen molar-refractivity contribution in [1.82, 2.24) is 24.9 Å². The van der Waals surface area contributed by atoms with Gasteiger partial charge in [-0.1, -0.05) is 35.5 Å². The summed E-state index contributed by atoms with van der Waals surface area (Å²) in [7, 11) is 0. The zero-order valence-electron chi connectivity index (χ0n) is 14.3. The Labute approximate surface area is 151 Å². The summed E-state index contributed by atoms with van der Waals surface area (Å²) in [6, 6.07) is 10.8. The Morgan fingerprint density at radius 3 is 2.88 bits per heavy atom. The highest BCUT2D eigenvalue weighted by Gasteiger charge is 2.26. The van der Waals surface area contributed by atoms with E-state index in [2.05, 4.69) is 46.4 Å². The maximum Gasteiger partial charge on any atom is 0.123 e. The third-order valence-electron chi connectivity index (χ3n) is 4.67. The summed E-state index contributed by atoms with van der Waals surface area (Å²) in [6.07, 6.45) is 3.07. The lowest BCUT2D eigenvalue weighted by Gasteiger charge is -2.15. The van der Waals surface area contributed by atoms with Crippen molar-refractivity contribution in [3.63, 3.8) is 0 Å². The van der Waals surface area contributed by atoms with Crippen LogP contribution in [0.2, 0.25) is 0 Å². The van der Waals surface area contributed by atoms with Gasteiger partial charge in [-0.3, -0.25) is 4.90 Å². The minimum Gasteiger partial charge on any atom is -0.325 e. The Balaban J connectivity index is 1.44. The Morgan fingerprint density at radius 1 is 1.28 bits per heavy atom. The fourth-order valence-electron chi connectivity index (χ4n) is 3.24. The number of likely N-dealkylation sites (tertiary alicyclic amines) is 1. The summed E-state index contributed by atoms with van der Waals surface area (Å²) in [5.74, 6) is 0. The first-order valence-corrected chi connectivity index (χ1v) is 9.39. The monoisotopic (exact) mass is 354 g/mol. The van der Waals surface area contributed by atoms with Crippen molar-refractivity contribution in [3.05, 3.63) is 52.8 Å².